The summed E-state index contributed by atoms with van der Waals surface area (Å²) in [5.74, 6) is 0.927. The van der Waals surface area contributed by atoms with Crippen LogP contribution in [-0.4, -0.2) is 40.1 Å². The van der Waals surface area contributed by atoms with Crippen LogP contribution in [0.3, 0.4) is 0 Å². The molecule has 0 unspecified atom stereocenters. The third-order valence-corrected chi connectivity index (χ3v) is 5.85. The molecule has 4 heteroatoms. The molecule has 1 fully saturated rings. The van der Waals surface area contributed by atoms with Crippen molar-refractivity contribution in [1.82, 2.24) is 4.90 Å². The van der Waals surface area contributed by atoms with E-state index in [-0.39, 0.29) is 11.4 Å². The lowest BCUT2D eigenvalue weighted by atomic mass is 9.89. The van der Waals surface area contributed by atoms with Crippen LogP contribution >= 0.6 is 0 Å². The number of ketones is 1. The van der Waals surface area contributed by atoms with Gasteiger partial charge in [-0.1, -0.05) is 36.4 Å². The number of carbonyl (C=O) groups excluding carboxylic acids is 1. The quantitative estimate of drug-likeness (QED) is 0.853. The Balaban J connectivity index is 1.37. The zero-order chi connectivity index (χ0) is 19.8. The van der Waals surface area contributed by atoms with Crippen LogP contribution in [0.5, 0.6) is 5.75 Å². The molecule has 2 aliphatic heterocycles. The predicted octanol–water partition coefficient (Wildman–Crippen LogP) is 4.00. The highest BCUT2D eigenvalue weighted by Crippen LogP contribution is 2.38. The molecule has 0 aliphatic carbocycles. The number of hydrogen-bond donors (Lipinski definition) is 1. The number of ether oxygens (including phenoxy) is 1. The minimum atomic E-state index is -0.626. The largest absolute Gasteiger partial charge is 0.485 e. The number of fused-ring (bicyclic) bond motifs is 1. The fourth-order valence-corrected chi connectivity index (χ4v) is 4.25. The Bertz CT molecular complexity index is 853. The van der Waals surface area contributed by atoms with E-state index in [0.29, 0.717) is 12.0 Å². The van der Waals surface area contributed by atoms with Gasteiger partial charge in [0, 0.05) is 26.1 Å². The Morgan fingerprint density at radius 1 is 1.11 bits per heavy atom. The molecule has 0 saturated carbocycles. The second-order valence-electron chi connectivity index (χ2n) is 8.97. The number of aryl methyl sites for hydroxylation is 1. The third-order valence-electron chi connectivity index (χ3n) is 5.85. The van der Waals surface area contributed by atoms with Crippen molar-refractivity contribution in [2.24, 2.45) is 0 Å². The van der Waals surface area contributed by atoms with Gasteiger partial charge in [0.05, 0.1) is 17.6 Å². The molecule has 2 aliphatic rings. The van der Waals surface area contributed by atoms with Gasteiger partial charge in [-0.25, -0.2) is 0 Å². The lowest BCUT2D eigenvalue weighted by Gasteiger charge is -2.34. The van der Waals surface area contributed by atoms with E-state index in [4.69, 9.17) is 4.74 Å². The van der Waals surface area contributed by atoms with Crippen molar-refractivity contribution < 1.29 is 14.6 Å². The molecule has 1 atom stereocenters. The van der Waals surface area contributed by atoms with Gasteiger partial charge in [-0.05, 0) is 49.9 Å². The lowest BCUT2D eigenvalue weighted by Crippen LogP contribution is -2.44. The van der Waals surface area contributed by atoms with Gasteiger partial charge in [0.15, 0.2) is 5.78 Å². The molecule has 2 heterocycles. The lowest BCUT2D eigenvalue weighted by molar-refractivity contribution is 0.0455. The Hall–Kier alpha value is -2.17. The summed E-state index contributed by atoms with van der Waals surface area (Å²) in [6.45, 7) is 6.29. The van der Waals surface area contributed by atoms with Crippen LogP contribution in [0.1, 0.15) is 54.6 Å². The van der Waals surface area contributed by atoms with E-state index < -0.39 is 5.60 Å². The maximum absolute atomic E-state index is 12.6. The Labute approximate surface area is 167 Å². The van der Waals surface area contributed by atoms with Crippen LogP contribution in [0.15, 0.2) is 48.5 Å². The fourth-order valence-electron chi connectivity index (χ4n) is 4.25. The first-order valence-corrected chi connectivity index (χ1v) is 10.2. The highest BCUT2D eigenvalue weighted by Gasteiger charge is 2.45. The standard InChI is InChI=1S/C24H29NO3/c1-23(2,27)12-11-18-7-9-19(10-8-18)16-25-14-13-24(17-25)15-21(26)20-5-3-4-6-22(20)28-24/h3-10,27H,11-17H2,1-2H3/t24-/m1/s1. The van der Waals surface area contributed by atoms with Crippen LogP contribution < -0.4 is 4.74 Å². The second-order valence-corrected chi connectivity index (χ2v) is 8.97. The van der Waals surface area contributed by atoms with E-state index in [1.807, 2.05) is 38.1 Å². The first kappa shape index (κ1) is 19.2. The number of likely N-dealkylation sites (tertiary alicyclic amines) is 1. The Morgan fingerprint density at radius 3 is 2.57 bits per heavy atom. The van der Waals surface area contributed by atoms with Crippen LogP contribution in [0.2, 0.25) is 0 Å². The molecule has 0 bridgehead atoms. The SMILES string of the molecule is CC(C)(O)CCc1ccc(CN2CC[C@@]3(CC(=O)c4ccccc4O3)C2)cc1. The van der Waals surface area contributed by atoms with E-state index in [0.717, 1.165) is 44.6 Å². The topological polar surface area (TPSA) is 49.8 Å². The smallest absolute Gasteiger partial charge is 0.170 e. The number of hydrogen-bond acceptors (Lipinski definition) is 4. The van der Waals surface area contributed by atoms with Crippen LogP contribution in [0, 0.1) is 0 Å². The molecule has 1 spiro atoms. The van der Waals surface area contributed by atoms with Gasteiger partial charge in [0.2, 0.25) is 0 Å². The number of para-hydroxylation sites is 1. The van der Waals surface area contributed by atoms with Crippen molar-refractivity contribution in [3.8, 4) is 5.75 Å². The van der Waals surface area contributed by atoms with E-state index in [2.05, 4.69) is 29.2 Å². The molecule has 0 radical (unpaired) electrons. The van der Waals surface area contributed by atoms with Crippen LogP contribution in [0.4, 0.5) is 0 Å². The number of Topliss-reactive ketones (excluding diaryl/α,β-unsaturated/α-hetero) is 1. The van der Waals surface area contributed by atoms with Crippen molar-refractivity contribution >= 4 is 5.78 Å². The minimum absolute atomic E-state index is 0.194. The number of aliphatic hydroxyl groups is 1. The average molecular weight is 380 g/mol. The molecule has 28 heavy (non-hydrogen) atoms. The first-order chi connectivity index (χ1) is 13.3. The number of benzene rings is 2. The fraction of sp³-hybridized carbons (Fsp3) is 0.458. The summed E-state index contributed by atoms with van der Waals surface area (Å²) in [7, 11) is 0. The summed E-state index contributed by atoms with van der Waals surface area (Å²) in [5, 5.41) is 9.88. The van der Waals surface area contributed by atoms with Gasteiger partial charge >= 0.3 is 0 Å². The molecule has 1 saturated heterocycles. The molecule has 1 N–H and O–H groups in total. The second kappa shape index (κ2) is 7.34. The summed E-state index contributed by atoms with van der Waals surface area (Å²) in [6.07, 6.45) is 2.99. The average Bonchev–Trinajstić information content (AvgIpc) is 3.02. The molecular weight excluding hydrogens is 350 g/mol. The number of nitrogens with zero attached hydrogens (tertiary/aromatic N) is 1. The van der Waals surface area contributed by atoms with E-state index in [1.54, 1.807) is 0 Å². The Kier molecular flexibility index (Phi) is 5.02. The highest BCUT2D eigenvalue weighted by atomic mass is 16.5. The van der Waals surface area contributed by atoms with Crippen LogP contribution in [0.25, 0.3) is 0 Å². The Morgan fingerprint density at radius 2 is 1.82 bits per heavy atom. The number of rotatable bonds is 5. The first-order valence-electron chi connectivity index (χ1n) is 10.2. The summed E-state index contributed by atoms with van der Waals surface area (Å²) in [4.78, 5) is 14.9. The molecule has 2 aromatic rings. The summed E-state index contributed by atoms with van der Waals surface area (Å²) >= 11 is 0. The summed E-state index contributed by atoms with van der Waals surface area (Å²) in [6, 6.07) is 16.2. The van der Waals surface area contributed by atoms with Crippen molar-refractivity contribution in [1.29, 1.82) is 0 Å². The molecular formula is C24H29NO3. The van der Waals surface area contributed by atoms with Gasteiger partial charge in [-0.15, -0.1) is 0 Å². The highest BCUT2D eigenvalue weighted by molar-refractivity contribution is 6.00. The zero-order valence-corrected chi connectivity index (χ0v) is 16.8. The maximum atomic E-state index is 12.6. The molecule has 2 aromatic carbocycles. The number of carbonyl (C=O) groups is 1. The van der Waals surface area contributed by atoms with Crippen molar-refractivity contribution in [3.05, 3.63) is 65.2 Å². The van der Waals surface area contributed by atoms with Gasteiger partial charge in [0.25, 0.3) is 0 Å². The molecule has 4 rings (SSSR count). The predicted molar refractivity (Wildman–Crippen MR) is 110 cm³/mol. The normalized spacial score (nSPS) is 22.3. The monoisotopic (exact) mass is 379 g/mol. The van der Waals surface area contributed by atoms with E-state index in [9.17, 15) is 9.90 Å². The molecule has 0 aromatic heterocycles. The summed E-state index contributed by atoms with van der Waals surface area (Å²) < 4.78 is 6.32. The third kappa shape index (κ3) is 4.29. The van der Waals surface area contributed by atoms with Gasteiger partial charge in [0.1, 0.15) is 11.4 Å². The molecule has 0 amide bonds. The summed E-state index contributed by atoms with van der Waals surface area (Å²) in [5.41, 5.74) is 2.23. The van der Waals surface area contributed by atoms with Gasteiger partial charge in [-0.3, -0.25) is 9.69 Å². The maximum Gasteiger partial charge on any atom is 0.170 e. The molecule has 148 valence electrons. The van der Waals surface area contributed by atoms with Crippen molar-refractivity contribution in [2.75, 3.05) is 13.1 Å². The van der Waals surface area contributed by atoms with Crippen molar-refractivity contribution in [3.63, 3.8) is 0 Å². The van der Waals surface area contributed by atoms with Crippen LogP contribution in [-0.2, 0) is 13.0 Å². The van der Waals surface area contributed by atoms with Gasteiger partial charge < -0.3 is 9.84 Å². The molecule has 4 nitrogen and oxygen atoms in total. The zero-order valence-electron chi connectivity index (χ0n) is 16.8. The van der Waals surface area contributed by atoms with Gasteiger partial charge in [-0.2, -0.15) is 0 Å². The minimum Gasteiger partial charge on any atom is -0.485 e. The van der Waals surface area contributed by atoms with Crippen molar-refractivity contribution in [2.45, 2.75) is 57.3 Å². The van der Waals surface area contributed by atoms with E-state index >= 15 is 0 Å². The van der Waals surface area contributed by atoms with E-state index in [1.165, 1.54) is 11.1 Å².